The zero-order valence-corrected chi connectivity index (χ0v) is 9.65. The first-order chi connectivity index (χ1) is 8.04. The van der Waals surface area contributed by atoms with Gasteiger partial charge in [0.1, 0.15) is 17.4 Å². The molecule has 1 atom stereocenters. The highest BCUT2D eigenvalue weighted by atomic mass is 16.3. The molecule has 0 unspecified atom stereocenters. The second kappa shape index (κ2) is 4.17. The fourth-order valence-corrected chi connectivity index (χ4v) is 1.69. The third kappa shape index (κ3) is 1.89. The lowest BCUT2D eigenvalue weighted by molar-refractivity contribution is 0.190. The summed E-state index contributed by atoms with van der Waals surface area (Å²) in [5.74, 6) is 0.279. The molecule has 0 saturated heterocycles. The summed E-state index contributed by atoms with van der Waals surface area (Å²) < 4.78 is 1.39. The van der Waals surface area contributed by atoms with Crippen LogP contribution in [0.1, 0.15) is 32.2 Å². The van der Waals surface area contributed by atoms with Crippen LogP contribution in [0.15, 0.2) is 9.59 Å². The Balaban J connectivity index is 2.80. The van der Waals surface area contributed by atoms with Crippen LogP contribution in [0.4, 0.5) is 0 Å². The van der Waals surface area contributed by atoms with Gasteiger partial charge >= 0.3 is 5.69 Å². The van der Waals surface area contributed by atoms with Gasteiger partial charge in [0.2, 0.25) is 0 Å². The normalized spacial score (nSPS) is 13.1. The lowest BCUT2D eigenvalue weighted by Crippen LogP contribution is -2.30. The second-order valence-corrected chi connectivity index (χ2v) is 3.91. The van der Waals surface area contributed by atoms with E-state index >= 15 is 0 Å². The lowest BCUT2D eigenvalue weighted by atomic mass is 10.4. The number of hydrogen-bond donors (Lipinski definition) is 3. The number of aryl methyl sites for hydroxylation is 1. The van der Waals surface area contributed by atoms with Crippen LogP contribution in [-0.4, -0.2) is 24.6 Å². The molecule has 0 saturated carbocycles. The molecule has 92 valence electrons. The molecule has 3 N–H and O–H groups in total. The van der Waals surface area contributed by atoms with Gasteiger partial charge in [-0.25, -0.2) is 9.78 Å². The number of nitrogens with one attached hydrogen (secondary N) is 2. The molecule has 0 spiro atoms. The zero-order chi connectivity index (χ0) is 12.6. The fourth-order valence-electron chi connectivity index (χ4n) is 1.69. The van der Waals surface area contributed by atoms with E-state index in [1.54, 1.807) is 0 Å². The highest BCUT2D eigenvalue weighted by Gasteiger charge is 2.14. The quantitative estimate of drug-likeness (QED) is 0.693. The number of fused-ring (bicyclic) bond motifs is 1. The number of aliphatic hydroxyl groups excluding tert-OH is 1. The van der Waals surface area contributed by atoms with Gasteiger partial charge in [-0.2, -0.15) is 0 Å². The Kier molecular flexibility index (Phi) is 2.84. The Labute approximate surface area is 96.1 Å². The van der Waals surface area contributed by atoms with Crippen molar-refractivity contribution in [2.24, 2.45) is 0 Å². The summed E-state index contributed by atoms with van der Waals surface area (Å²) in [7, 11) is 0. The van der Waals surface area contributed by atoms with E-state index in [4.69, 9.17) is 0 Å². The Morgan fingerprint density at radius 2 is 2.12 bits per heavy atom. The Bertz CT molecular complexity index is 650. The molecule has 0 aliphatic heterocycles. The summed E-state index contributed by atoms with van der Waals surface area (Å²) in [5, 5.41) is 9.41. The molecular weight excluding hydrogens is 224 g/mol. The third-order valence-corrected chi connectivity index (χ3v) is 2.49. The van der Waals surface area contributed by atoms with E-state index in [2.05, 4.69) is 15.0 Å². The van der Waals surface area contributed by atoms with Crippen molar-refractivity contribution < 1.29 is 5.11 Å². The molecule has 0 aliphatic carbocycles. The number of aromatic amines is 2. The average molecular weight is 238 g/mol. The molecule has 7 nitrogen and oxygen atoms in total. The van der Waals surface area contributed by atoms with E-state index in [-0.39, 0.29) is 17.0 Å². The molecule has 2 aromatic rings. The predicted octanol–water partition coefficient (Wildman–Crippen LogP) is -0.124. The van der Waals surface area contributed by atoms with Crippen LogP contribution in [0.3, 0.4) is 0 Å². The van der Waals surface area contributed by atoms with E-state index in [1.807, 2.05) is 6.92 Å². The maximum Gasteiger partial charge on any atom is 0.330 e. The van der Waals surface area contributed by atoms with Gasteiger partial charge in [-0.3, -0.25) is 14.3 Å². The summed E-state index contributed by atoms with van der Waals surface area (Å²) in [6, 6.07) is 0. The summed E-state index contributed by atoms with van der Waals surface area (Å²) >= 11 is 0. The van der Waals surface area contributed by atoms with E-state index in [0.29, 0.717) is 6.54 Å². The smallest absolute Gasteiger partial charge is 0.330 e. The molecule has 0 radical (unpaired) electrons. The highest BCUT2D eigenvalue weighted by Crippen LogP contribution is 2.11. The number of aromatic nitrogens is 4. The minimum atomic E-state index is -0.813. The van der Waals surface area contributed by atoms with Gasteiger partial charge in [-0.05, 0) is 13.3 Å². The van der Waals surface area contributed by atoms with Crippen LogP contribution in [0, 0.1) is 0 Å². The molecule has 0 aliphatic rings. The summed E-state index contributed by atoms with van der Waals surface area (Å²) in [4.78, 5) is 32.2. The summed E-state index contributed by atoms with van der Waals surface area (Å²) in [6.45, 7) is 3.93. The van der Waals surface area contributed by atoms with Gasteiger partial charge in [0.15, 0.2) is 5.65 Å². The molecule has 0 bridgehead atoms. The van der Waals surface area contributed by atoms with Gasteiger partial charge in [0, 0.05) is 6.54 Å². The van der Waals surface area contributed by atoms with E-state index < -0.39 is 17.4 Å². The number of H-pyrrole nitrogens is 2. The summed E-state index contributed by atoms with van der Waals surface area (Å²) in [6.07, 6.45) is -0.0650. The van der Waals surface area contributed by atoms with Gasteiger partial charge in [0.25, 0.3) is 5.56 Å². The molecule has 0 aromatic carbocycles. The third-order valence-electron chi connectivity index (χ3n) is 2.49. The van der Waals surface area contributed by atoms with Crippen LogP contribution in [0.2, 0.25) is 0 Å². The Hall–Kier alpha value is -1.89. The van der Waals surface area contributed by atoms with Crippen molar-refractivity contribution >= 4 is 11.2 Å². The van der Waals surface area contributed by atoms with Crippen molar-refractivity contribution in [3.05, 3.63) is 26.7 Å². The molecule has 2 aromatic heterocycles. The monoisotopic (exact) mass is 238 g/mol. The van der Waals surface area contributed by atoms with E-state index in [9.17, 15) is 14.7 Å². The molecule has 0 amide bonds. The minimum Gasteiger partial charge on any atom is -0.385 e. The fraction of sp³-hybridized carbons (Fsp3) is 0.500. The molecular formula is C10H14N4O3. The molecule has 17 heavy (non-hydrogen) atoms. The van der Waals surface area contributed by atoms with Crippen molar-refractivity contribution in [1.82, 2.24) is 19.5 Å². The first-order valence-electron chi connectivity index (χ1n) is 5.45. The Morgan fingerprint density at radius 1 is 1.41 bits per heavy atom. The summed E-state index contributed by atoms with van der Waals surface area (Å²) in [5.41, 5.74) is -0.491. The van der Waals surface area contributed by atoms with Crippen molar-refractivity contribution in [1.29, 1.82) is 0 Å². The van der Waals surface area contributed by atoms with Gasteiger partial charge < -0.3 is 10.1 Å². The molecule has 7 heteroatoms. The van der Waals surface area contributed by atoms with Crippen molar-refractivity contribution in [2.75, 3.05) is 0 Å². The topological polar surface area (TPSA) is 104 Å². The number of aliphatic hydroxyl groups is 1. The first kappa shape index (κ1) is 11.6. The Morgan fingerprint density at radius 3 is 2.71 bits per heavy atom. The maximum absolute atomic E-state index is 11.6. The first-order valence-corrected chi connectivity index (χ1v) is 5.45. The number of hydrogen-bond acceptors (Lipinski definition) is 4. The van der Waals surface area contributed by atoms with Gasteiger partial charge in [-0.15, -0.1) is 0 Å². The standard InChI is InChI=1S/C10H14N4O3/c1-3-4-14-8-6(9(16)13-10(14)17)11-7(12-8)5(2)15/h5,15H,3-4H2,1-2H3,(H,11,12)(H,13,16,17)/t5-/m0/s1. The molecule has 0 fully saturated rings. The number of nitrogens with zero attached hydrogens (tertiary/aromatic N) is 2. The number of rotatable bonds is 3. The van der Waals surface area contributed by atoms with E-state index in [1.165, 1.54) is 11.5 Å². The zero-order valence-electron chi connectivity index (χ0n) is 9.65. The van der Waals surface area contributed by atoms with Crippen LogP contribution in [-0.2, 0) is 6.54 Å². The second-order valence-electron chi connectivity index (χ2n) is 3.91. The SMILES string of the molecule is CCCn1c(=O)[nH]c(=O)c2[nH]c([C@H](C)O)nc21. The average Bonchev–Trinajstić information content (AvgIpc) is 2.69. The predicted molar refractivity (Wildman–Crippen MR) is 61.9 cm³/mol. The van der Waals surface area contributed by atoms with Gasteiger partial charge in [-0.1, -0.05) is 6.92 Å². The van der Waals surface area contributed by atoms with Crippen molar-refractivity contribution in [3.8, 4) is 0 Å². The van der Waals surface area contributed by atoms with Crippen molar-refractivity contribution in [3.63, 3.8) is 0 Å². The van der Waals surface area contributed by atoms with Crippen LogP contribution < -0.4 is 11.2 Å². The molecule has 2 heterocycles. The minimum absolute atomic E-state index is 0.217. The van der Waals surface area contributed by atoms with Crippen LogP contribution >= 0.6 is 0 Å². The van der Waals surface area contributed by atoms with Gasteiger partial charge in [0.05, 0.1) is 0 Å². The van der Waals surface area contributed by atoms with Crippen molar-refractivity contribution in [2.45, 2.75) is 32.9 Å². The van der Waals surface area contributed by atoms with Crippen LogP contribution in [0.5, 0.6) is 0 Å². The lowest BCUT2D eigenvalue weighted by Gasteiger charge is -2.02. The van der Waals surface area contributed by atoms with E-state index in [0.717, 1.165) is 6.42 Å². The highest BCUT2D eigenvalue weighted by molar-refractivity contribution is 5.69. The number of imidazole rings is 1. The van der Waals surface area contributed by atoms with Crippen LogP contribution in [0.25, 0.3) is 11.2 Å². The molecule has 2 rings (SSSR count). The largest absolute Gasteiger partial charge is 0.385 e. The maximum atomic E-state index is 11.6.